The quantitative estimate of drug-likeness (QED) is 0.740. The van der Waals surface area contributed by atoms with Gasteiger partial charge in [0.05, 0.1) is 0 Å². The summed E-state index contributed by atoms with van der Waals surface area (Å²) in [5.74, 6) is -1.45. The molecule has 2 aliphatic rings. The van der Waals surface area contributed by atoms with Crippen LogP contribution in [0.5, 0.6) is 0 Å². The number of fused-ring (bicyclic) bond motifs is 1. The summed E-state index contributed by atoms with van der Waals surface area (Å²) in [6.45, 7) is 4.08. The number of hydrogen-bond acceptors (Lipinski definition) is 6. The SMILES string of the molecule is CCO[C@@H]1OC(=O)[C@@]2(S(=O)c3ccc(C)cc3)ON=C(c3ccccc3)[C@@H]12. The summed E-state index contributed by atoms with van der Waals surface area (Å²) in [4.78, 5) is 17.2. The molecule has 2 aromatic rings. The predicted octanol–water partition coefficient (Wildman–Crippen LogP) is 2.77. The molecule has 0 aromatic heterocycles. The number of nitrogens with zero attached hydrogens (tertiary/aromatic N) is 1. The molecule has 0 aliphatic carbocycles. The summed E-state index contributed by atoms with van der Waals surface area (Å²) in [6, 6.07) is 16.5. The van der Waals surface area contributed by atoms with Gasteiger partial charge < -0.3 is 14.3 Å². The molecule has 27 heavy (non-hydrogen) atoms. The molecular weight excluding hydrogens is 366 g/mol. The van der Waals surface area contributed by atoms with Gasteiger partial charge in [-0.1, -0.05) is 53.2 Å². The number of oxime groups is 1. The zero-order valence-electron chi connectivity index (χ0n) is 15.0. The Hall–Kier alpha value is -2.51. The Kier molecular flexibility index (Phi) is 4.57. The average molecular weight is 385 g/mol. The predicted molar refractivity (Wildman–Crippen MR) is 99.4 cm³/mol. The van der Waals surface area contributed by atoms with E-state index >= 15 is 0 Å². The van der Waals surface area contributed by atoms with Gasteiger partial charge in [0.2, 0.25) is 6.29 Å². The van der Waals surface area contributed by atoms with Crippen molar-refractivity contribution in [2.75, 3.05) is 6.61 Å². The number of benzene rings is 2. The van der Waals surface area contributed by atoms with Crippen LogP contribution in [0.3, 0.4) is 0 Å². The second-order valence-corrected chi connectivity index (χ2v) is 8.01. The molecule has 1 fully saturated rings. The van der Waals surface area contributed by atoms with Crippen LogP contribution in [0, 0.1) is 12.8 Å². The zero-order valence-corrected chi connectivity index (χ0v) is 15.8. The highest BCUT2D eigenvalue weighted by atomic mass is 32.2. The van der Waals surface area contributed by atoms with Crippen LogP contribution in [0.4, 0.5) is 0 Å². The van der Waals surface area contributed by atoms with Crippen molar-refractivity contribution < 1.29 is 23.3 Å². The molecule has 0 amide bonds. The Balaban J connectivity index is 1.79. The maximum Gasteiger partial charge on any atom is 0.370 e. The minimum absolute atomic E-state index is 0.337. The van der Waals surface area contributed by atoms with E-state index < -0.39 is 33.9 Å². The highest BCUT2D eigenvalue weighted by Crippen LogP contribution is 2.47. The van der Waals surface area contributed by atoms with Crippen LogP contribution in [0.2, 0.25) is 0 Å². The molecule has 2 aromatic carbocycles. The summed E-state index contributed by atoms with van der Waals surface area (Å²) in [5.41, 5.74) is 2.30. The van der Waals surface area contributed by atoms with Gasteiger partial charge in [0.25, 0.3) is 0 Å². The first kappa shape index (κ1) is 17.9. The van der Waals surface area contributed by atoms with Gasteiger partial charge in [-0.3, -0.25) is 0 Å². The molecule has 0 saturated carbocycles. The van der Waals surface area contributed by atoms with Crippen LogP contribution >= 0.6 is 0 Å². The minimum Gasteiger partial charge on any atom is -0.431 e. The van der Waals surface area contributed by atoms with E-state index in [1.807, 2.05) is 49.4 Å². The second kappa shape index (κ2) is 6.90. The molecule has 0 spiro atoms. The average Bonchev–Trinajstić information content (AvgIpc) is 3.21. The molecule has 1 unspecified atom stereocenters. The fourth-order valence-electron chi connectivity index (χ4n) is 3.34. The van der Waals surface area contributed by atoms with Gasteiger partial charge in [0.1, 0.15) is 22.4 Å². The summed E-state index contributed by atoms with van der Waals surface area (Å²) < 4.78 is 24.5. The standard InChI is InChI=1S/C20H19NO5S/c1-3-24-18-16-17(14-7-5-4-6-8-14)21-26-20(16,19(22)25-18)27(23)15-11-9-13(2)10-12-15/h4-12,16,18H,3H2,1-2H3/t16-,18+,20+,27?/m0/s1. The molecule has 4 atom stereocenters. The lowest BCUT2D eigenvalue weighted by Crippen LogP contribution is -2.47. The van der Waals surface area contributed by atoms with Crippen molar-refractivity contribution >= 4 is 22.5 Å². The topological polar surface area (TPSA) is 74.2 Å². The Morgan fingerprint density at radius 3 is 2.52 bits per heavy atom. The molecule has 6 nitrogen and oxygen atoms in total. The van der Waals surface area contributed by atoms with Crippen molar-refractivity contribution in [2.45, 2.75) is 30.0 Å². The van der Waals surface area contributed by atoms with Crippen molar-refractivity contribution in [3.63, 3.8) is 0 Å². The van der Waals surface area contributed by atoms with Gasteiger partial charge in [-0.2, -0.15) is 0 Å². The highest BCUT2D eigenvalue weighted by Gasteiger charge is 2.70. The van der Waals surface area contributed by atoms with E-state index in [9.17, 15) is 9.00 Å². The third-order valence-corrected chi connectivity index (χ3v) is 6.42. The van der Waals surface area contributed by atoms with Gasteiger partial charge in [0.15, 0.2) is 0 Å². The van der Waals surface area contributed by atoms with Gasteiger partial charge >= 0.3 is 10.9 Å². The molecule has 2 heterocycles. The lowest BCUT2D eigenvalue weighted by atomic mass is 9.93. The molecule has 4 rings (SSSR count). The van der Waals surface area contributed by atoms with Crippen LogP contribution in [-0.4, -0.2) is 33.7 Å². The highest BCUT2D eigenvalue weighted by molar-refractivity contribution is 7.87. The first-order valence-corrected chi connectivity index (χ1v) is 9.85. The third kappa shape index (κ3) is 2.78. The third-order valence-electron chi connectivity index (χ3n) is 4.67. The van der Waals surface area contributed by atoms with Crippen LogP contribution in [0.15, 0.2) is 64.6 Å². The molecule has 0 bridgehead atoms. The maximum atomic E-state index is 13.5. The zero-order chi connectivity index (χ0) is 19.0. The van der Waals surface area contributed by atoms with Crippen LogP contribution < -0.4 is 0 Å². The van der Waals surface area contributed by atoms with E-state index in [0.29, 0.717) is 17.2 Å². The number of aryl methyl sites for hydroxylation is 1. The molecule has 2 aliphatic heterocycles. The summed E-state index contributed by atoms with van der Waals surface area (Å²) in [5, 5.41) is 4.15. The van der Waals surface area contributed by atoms with Gasteiger partial charge in [-0.05, 0) is 26.0 Å². The molecular formula is C20H19NO5S. The number of ether oxygens (including phenoxy) is 2. The normalized spacial score (nSPS) is 27.5. The Labute approximate surface area is 159 Å². The Bertz CT molecular complexity index is 912. The largest absolute Gasteiger partial charge is 0.431 e. The van der Waals surface area contributed by atoms with Crippen LogP contribution in [0.25, 0.3) is 0 Å². The van der Waals surface area contributed by atoms with E-state index in [4.69, 9.17) is 14.3 Å². The molecule has 140 valence electrons. The van der Waals surface area contributed by atoms with Crippen molar-refractivity contribution in [1.29, 1.82) is 0 Å². The van der Waals surface area contributed by atoms with E-state index in [1.54, 1.807) is 19.1 Å². The maximum absolute atomic E-state index is 13.5. The first-order chi connectivity index (χ1) is 13.1. The van der Waals surface area contributed by atoms with Gasteiger partial charge in [-0.25, -0.2) is 9.00 Å². The molecule has 1 saturated heterocycles. The van der Waals surface area contributed by atoms with Crippen molar-refractivity contribution in [2.24, 2.45) is 11.1 Å². The Morgan fingerprint density at radius 1 is 1.15 bits per heavy atom. The van der Waals surface area contributed by atoms with Crippen molar-refractivity contribution in [3.05, 3.63) is 65.7 Å². The van der Waals surface area contributed by atoms with E-state index in [-0.39, 0.29) is 0 Å². The molecule has 7 heteroatoms. The fraction of sp³-hybridized carbons (Fsp3) is 0.300. The summed E-state index contributed by atoms with van der Waals surface area (Å²) >= 11 is 0. The van der Waals surface area contributed by atoms with E-state index in [2.05, 4.69) is 5.16 Å². The monoisotopic (exact) mass is 385 g/mol. The lowest BCUT2D eigenvalue weighted by Gasteiger charge is -2.23. The van der Waals surface area contributed by atoms with Crippen LogP contribution in [-0.2, 0) is 29.9 Å². The van der Waals surface area contributed by atoms with E-state index in [1.165, 1.54) is 0 Å². The Morgan fingerprint density at radius 2 is 1.85 bits per heavy atom. The minimum atomic E-state index is -1.83. The number of hydrogen-bond donors (Lipinski definition) is 0. The molecule has 0 radical (unpaired) electrons. The smallest absolute Gasteiger partial charge is 0.370 e. The van der Waals surface area contributed by atoms with Gasteiger partial charge in [0, 0.05) is 17.1 Å². The number of carbonyl (C=O) groups excluding carboxylic acids is 1. The number of rotatable bonds is 5. The first-order valence-electron chi connectivity index (χ1n) is 8.70. The van der Waals surface area contributed by atoms with Crippen LogP contribution in [0.1, 0.15) is 18.1 Å². The lowest BCUT2D eigenvalue weighted by molar-refractivity contribution is -0.167. The van der Waals surface area contributed by atoms with Crippen molar-refractivity contribution in [3.8, 4) is 0 Å². The second-order valence-electron chi connectivity index (χ2n) is 6.39. The van der Waals surface area contributed by atoms with E-state index in [0.717, 1.165) is 11.1 Å². The number of carbonyl (C=O) groups is 1. The van der Waals surface area contributed by atoms with Crippen molar-refractivity contribution in [1.82, 2.24) is 0 Å². The molecule has 0 N–H and O–H groups in total. The summed E-state index contributed by atoms with van der Waals surface area (Å²) in [6.07, 6.45) is -0.904. The summed E-state index contributed by atoms with van der Waals surface area (Å²) in [7, 11) is -1.83. The van der Waals surface area contributed by atoms with Gasteiger partial charge in [-0.15, -0.1) is 0 Å². The number of cyclic esters (lactones) is 1. The number of esters is 1. The fourth-order valence-corrected chi connectivity index (χ4v) is 4.83.